The van der Waals surface area contributed by atoms with Crippen LogP contribution >= 0.6 is 0 Å². The molecule has 1 saturated carbocycles. The largest absolute Gasteiger partial charge is 0.508 e. The minimum atomic E-state index is -2.61. The molecular weight excluding hydrogens is 516 g/mol. The molecular formula is C29H28N4O7. The summed E-state index contributed by atoms with van der Waals surface area (Å²) in [5.74, 6) is -6.66. The first-order valence-corrected chi connectivity index (χ1v) is 12.7. The van der Waals surface area contributed by atoms with E-state index < -0.39 is 52.0 Å². The number of amides is 1. The van der Waals surface area contributed by atoms with Crippen LogP contribution < -0.4 is 16.0 Å². The molecule has 0 saturated heterocycles. The summed E-state index contributed by atoms with van der Waals surface area (Å²) < 4.78 is 0. The van der Waals surface area contributed by atoms with E-state index in [9.17, 15) is 34.8 Å². The molecule has 40 heavy (non-hydrogen) atoms. The Morgan fingerprint density at radius 3 is 2.45 bits per heavy atom. The van der Waals surface area contributed by atoms with Crippen LogP contribution in [0, 0.1) is 23.2 Å². The Bertz CT molecular complexity index is 1580. The zero-order valence-corrected chi connectivity index (χ0v) is 21.9. The van der Waals surface area contributed by atoms with Gasteiger partial charge in [-0.1, -0.05) is 12.1 Å². The van der Waals surface area contributed by atoms with Crippen molar-refractivity contribution in [2.45, 2.75) is 31.4 Å². The molecule has 0 bridgehead atoms. The number of aliphatic hydroxyl groups excluding tert-OH is 2. The van der Waals surface area contributed by atoms with Gasteiger partial charge in [0, 0.05) is 44.2 Å². The van der Waals surface area contributed by atoms with Crippen molar-refractivity contribution in [1.82, 2.24) is 0 Å². The fraction of sp³-hybridized carbons (Fsp3) is 0.310. The molecule has 5 rings (SSSR count). The summed E-state index contributed by atoms with van der Waals surface area (Å²) in [4.78, 5) is 39.9. The van der Waals surface area contributed by atoms with Crippen molar-refractivity contribution < 1.29 is 34.8 Å². The van der Waals surface area contributed by atoms with Crippen LogP contribution in [0.5, 0.6) is 5.75 Å². The van der Waals surface area contributed by atoms with Gasteiger partial charge in [0.05, 0.1) is 22.9 Å². The number of phenols is 1. The van der Waals surface area contributed by atoms with E-state index in [4.69, 9.17) is 11.0 Å². The number of benzene rings is 2. The second-order valence-electron chi connectivity index (χ2n) is 10.6. The molecule has 3 atom stereocenters. The number of aromatic hydroxyl groups is 1. The second kappa shape index (κ2) is 9.43. The number of carbonyl (C=O) groups is 3. The van der Waals surface area contributed by atoms with E-state index in [0.717, 1.165) is 5.56 Å². The lowest BCUT2D eigenvalue weighted by molar-refractivity contribution is -0.147. The molecule has 3 unspecified atom stereocenters. The normalized spacial score (nSPS) is 23.6. The van der Waals surface area contributed by atoms with Crippen LogP contribution in [0.4, 0.5) is 11.4 Å². The Morgan fingerprint density at radius 1 is 1.18 bits per heavy atom. The third-order valence-corrected chi connectivity index (χ3v) is 8.09. The Morgan fingerprint density at radius 2 is 1.85 bits per heavy atom. The highest BCUT2D eigenvalue weighted by Crippen LogP contribution is 2.54. The molecule has 0 spiro atoms. The van der Waals surface area contributed by atoms with Gasteiger partial charge < -0.3 is 36.4 Å². The number of hydrogen-bond acceptors (Lipinski definition) is 10. The molecule has 2 aromatic rings. The topological polar surface area (TPSA) is 197 Å². The van der Waals surface area contributed by atoms with Crippen molar-refractivity contribution in [1.29, 1.82) is 5.26 Å². The Hall–Kier alpha value is -4.82. The van der Waals surface area contributed by atoms with Gasteiger partial charge in [0.15, 0.2) is 11.4 Å². The summed E-state index contributed by atoms with van der Waals surface area (Å²) >= 11 is 0. The number of phenolic OH excluding ortho intramolecular Hbond substituents is 1. The molecule has 3 aliphatic rings. The number of fused-ring (bicyclic) bond motifs is 3. The highest BCUT2D eigenvalue weighted by Gasteiger charge is 2.60. The molecule has 7 N–H and O–H groups in total. The lowest BCUT2D eigenvalue weighted by Gasteiger charge is -2.46. The van der Waals surface area contributed by atoms with Crippen molar-refractivity contribution >= 4 is 34.6 Å². The van der Waals surface area contributed by atoms with Crippen molar-refractivity contribution in [3.8, 4) is 11.8 Å². The van der Waals surface area contributed by atoms with Gasteiger partial charge >= 0.3 is 0 Å². The van der Waals surface area contributed by atoms with E-state index >= 15 is 0 Å². The van der Waals surface area contributed by atoms with Crippen LogP contribution in [0.3, 0.4) is 0 Å². The number of anilines is 2. The van der Waals surface area contributed by atoms with Gasteiger partial charge in [0.2, 0.25) is 5.78 Å². The maximum absolute atomic E-state index is 13.7. The van der Waals surface area contributed by atoms with E-state index in [0.29, 0.717) is 16.8 Å². The molecule has 0 heterocycles. The summed E-state index contributed by atoms with van der Waals surface area (Å²) in [6, 6.07) is 10.7. The number of ketones is 2. The predicted molar refractivity (Wildman–Crippen MR) is 144 cm³/mol. The minimum absolute atomic E-state index is 0.0145. The first-order chi connectivity index (χ1) is 18.9. The van der Waals surface area contributed by atoms with Gasteiger partial charge in [0.25, 0.3) is 5.91 Å². The van der Waals surface area contributed by atoms with Gasteiger partial charge in [0.1, 0.15) is 22.8 Å². The van der Waals surface area contributed by atoms with Gasteiger partial charge in [-0.15, -0.1) is 0 Å². The summed E-state index contributed by atoms with van der Waals surface area (Å²) in [7, 11) is 3.60. The minimum Gasteiger partial charge on any atom is -0.508 e. The average Bonchev–Trinajstić information content (AvgIpc) is 2.90. The number of nitrogens with zero attached hydrogens (tertiary/aromatic N) is 2. The highest BCUT2D eigenvalue weighted by atomic mass is 16.3. The zero-order chi connectivity index (χ0) is 29.1. The lowest BCUT2D eigenvalue weighted by Crippen LogP contribution is -2.58. The SMILES string of the molecule is CN(C)c1cc(NCc2ccc(C#N)cc2)c(O)c2c1CC1CC3CC(=O)C(C(N)=O)=C(O)C3(O)C(=O)C1=C2O. The van der Waals surface area contributed by atoms with E-state index in [1.54, 1.807) is 44.4 Å². The molecule has 11 heteroatoms. The number of hydrogen-bond donors (Lipinski definition) is 6. The molecule has 1 fully saturated rings. The number of carbonyl (C=O) groups excluding carboxylic acids is 3. The number of aliphatic hydroxyl groups is 3. The van der Waals surface area contributed by atoms with Crippen LogP contribution in [0.15, 0.2) is 47.2 Å². The highest BCUT2D eigenvalue weighted by molar-refractivity contribution is 6.22. The van der Waals surface area contributed by atoms with E-state index in [1.165, 1.54) is 0 Å². The van der Waals surface area contributed by atoms with E-state index in [2.05, 4.69) is 11.4 Å². The monoisotopic (exact) mass is 544 g/mol. The van der Waals surface area contributed by atoms with Crippen molar-refractivity contribution in [3.63, 3.8) is 0 Å². The van der Waals surface area contributed by atoms with Gasteiger partial charge in [-0.2, -0.15) is 5.26 Å². The number of nitrogens with one attached hydrogen (secondary N) is 1. The van der Waals surface area contributed by atoms with Crippen LogP contribution in [0.2, 0.25) is 0 Å². The maximum Gasteiger partial charge on any atom is 0.255 e. The Kier molecular flexibility index (Phi) is 6.31. The van der Waals surface area contributed by atoms with Gasteiger partial charge in [-0.3, -0.25) is 14.4 Å². The lowest BCUT2D eigenvalue weighted by atomic mass is 9.59. The molecule has 0 radical (unpaired) electrons. The maximum atomic E-state index is 13.7. The third kappa shape index (κ3) is 3.87. The second-order valence-corrected chi connectivity index (χ2v) is 10.6. The van der Waals surface area contributed by atoms with Crippen LogP contribution in [-0.2, 0) is 27.3 Å². The first kappa shape index (κ1) is 26.8. The van der Waals surface area contributed by atoms with Crippen LogP contribution in [0.1, 0.15) is 35.1 Å². The van der Waals surface area contributed by atoms with E-state index in [-0.39, 0.29) is 48.4 Å². The zero-order valence-electron chi connectivity index (χ0n) is 21.9. The van der Waals surface area contributed by atoms with Crippen LogP contribution in [0.25, 0.3) is 5.76 Å². The van der Waals surface area contributed by atoms with Gasteiger partial charge in [-0.25, -0.2) is 0 Å². The molecule has 0 aliphatic heterocycles. The summed E-state index contributed by atoms with van der Waals surface area (Å²) in [6.45, 7) is 0.286. The average molecular weight is 545 g/mol. The molecule has 3 aliphatic carbocycles. The number of Topliss-reactive ketones (excluding diaryl/α,β-unsaturated/α-hetero) is 2. The van der Waals surface area contributed by atoms with Crippen molar-refractivity contribution in [3.05, 3.63) is 69.5 Å². The quantitative estimate of drug-likeness (QED) is 0.239. The van der Waals surface area contributed by atoms with Crippen molar-refractivity contribution in [2.75, 3.05) is 24.3 Å². The van der Waals surface area contributed by atoms with E-state index in [1.807, 2.05) is 4.90 Å². The molecule has 11 nitrogen and oxygen atoms in total. The standard InChI is InChI=1S/C29H28N4O7/c1-33(2)19-10-18(32-12-14-5-3-13(11-30)4-6-14)24(35)22-17(19)8-15-7-16-9-20(34)23(28(31)39)27(38)29(16,40)26(37)21(15)25(22)36/h3-6,10,15-16,32,35-36,38,40H,7-9,12H2,1-2H3,(H2,31,39). The van der Waals surface area contributed by atoms with Crippen LogP contribution in [-0.4, -0.2) is 57.6 Å². The third-order valence-electron chi connectivity index (χ3n) is 8.09. The molecule has 2 aromatic carbocycles. The molecule has 206 valence electrons. The number of rotatable bonds is 5. The molecule has 1 amide bonds. The summed E-state index contributed by atoms with van der Waals surface area (Å²) in [5.41, 5.74) is 4.50. The fourth-order valence-electron chi connectivity index (χ4n) is 6.10. The Labute approximate surface area is 229 Å². The fourth-order valence-corrected chi connectivity index (χ4v) is 6.10. The molecule has 0 aromatic heterocycles. The Balaban J connectivity index is 1.61. The first-order valence-electron chi connectivity index (χ1n) is 12.7. The predicted octanol–water partition coefficient (Wildman–Crippen LogP) is 1.97. The smallest absolute Gasteiger partial charge is 0.255 e. The number of nitriles is 1. The number of nitrogens with two attached hydrogens (primary N) is 1. The summed E-state index contributed by atoms with van der Waals surface area (Å²) in [5, 5.41) is 57.0. The van der Waals surface area contributed by atoms with Crippen molar-refractivity contribution in [2.24, 2.45) is 17.6 Å². The number of primary amides is 1. The van der Waals surface area contributed by atoms with Gasteiger partial charge in [-0.05, 0) is 48.1 Å². The summed E-state index contributed by atoms with van der Waals surface area (Å²) in [6.07, 6.45) is -0.0907.